The summed E-state index contributed by atoms with van der Waals surface area (Å²) in [5, 5.41) is 15.1. The van der Waals surface area contributed by atoms with Gasteiger partial charge < -0.3 is 4.74 Å². The molecule has 0 heterocycles. The molecule has 0 saturated heterocycles. The van der Waals surface area contributed by atoms with Crippen LogP contribution in [0.4, 0.5) is 11.4 Å². The lowest BCUT2D eigenvalue weighted by atomic mass is 9.96. The molecule has 4 heteroatoms. The van der Waals surface area contributed by atoms with Gasteiger partial charge in [-0.15, -0.1) is 10.2 Å². The maximum atomic E-state index is 6.18. The average Bonchev–Trinajstić information content (AvgIpc) is 2.90. The fraction of sp³-hybridized carbons (Fsp3) is 0.161. The third-order valence-corrected chi connectivity index (χ3v) is 6.80. The van der Waals surface area contributed by atoms with E-state index in [1.807, 2.05) is 18.2 Å². The van der Waals surface area contributed by atoms with Crippen molar-refractivity contribution in [1.29, 1.82) is 0 Å². The number of hydrogen-bond donors (Lipinski definition) is 0. The second-order valence-corrected chi connectivity index (χ2v) is 9.37. The number of hydrogen-bond acceptors (Lipinski definition) is 3. The number of fused-ring (bicyclic) bond motifs is 2. The zero-order valence-electron chi connectivity index (χ0n) is 19.7. The third-order valence-electron chi connectivity index (χ3n) is 6.23. The van der Waals surface area contributed by atoms with E-state index in [9.17, 15) is 0 Å². The molecule has 0 amide bonds. The molecular formula is C31H27BrN2O. The number of azo groups is 1. The standard InChI is InChI=1S/C31H27BrN2O/c1-22-10-2-5-13-25(22)28-18-16-23-11-3-6-14-26(23)30(28)33-34-31-27-15-7-4-12-24(27)17-19-29(31)35-21-9-8-20-32/h2-7,10-19H,8-9,20-21H2,1H3. The van der Waals surface area contributed by atoms with E-state index in [0.717, 1.165) is 68.0 Å². The van der Waals surface area contributed by atoms with Gasteiger partial charge in [-0.25, -0.2) is 0 Å². The Hall–Kier alpha value is -3.50. The average molecular weight is 523 g/mol. The summed E-state index contributed by atoms with van der Waals surface area (Å²) in [5.41, 5.74) is 5.09. The lowest BCUT2D eigenvalue weighted by Crippen LogP contribution is -1.98. The molecule has 0 aliphatic rings. The van der Waals surface area contributed by atoms with E-state index < -0.39 is 0 Å². The first-order valence-electron chi connectivity index (χ1n) is 12.0. The number of aryl methyl sites for hydroxylation is 1. The molecule has 174 valence electrons. The Morgan fingerprint density at radius 3 is 2.00 bits per heavy atom. The van der Waals surface area contributed by atoms with E-state index in [0.29, 0.717) is 6.61 Å². The van der Waals surface area contributed by atoms with Crippen molar-refractivity contribution >= 4 is 48.8 Å². The van der Waals surface area contributed by atoms with Crippen LogP contribution in [-0.4, -0.2) is 11.9 Å². The molecule has 0 aliphatic heterocycles. The van der Waals surface area contributed by atoms with Gasteiger partial charge in [-0.1, -0.05) is 107 Å². The summed E-state index contributed by atoms with van der Waals surface area (Å²) in [6.45, 7) is 2.78. The quantitative estimate of drug-likeness (QED) is 0.113. The van der Waals surface area contributed by atoms with Gasteiger partial charge in [0.25, 0.3) is 0 Å². The molecule has 3 nitrogen and oxygen atoms in total. The van der Waals surface area contributed by atoms with E-state index in [-0.39, 0.29) is 0 Å². The summed E-state index contributed by atoms with van der Waals surface area (Å²) >= 11 is 3.50. The molecule has 0 fully saturated rings. The summed E-state index contributed by atoms with van der Waals surface area (Å²) in [6.07, 6.45) is 2.05. The highest BCUT2D eigenvalue weighted by molar-refractivity contribution is 9.09. The highest BCUT2D eigenvalue weighted by Crippen LogP contribution is 2.42. The van der Waals surface area contributed by atoms with Crippen LogP contribution in [-0.2, 0) is 0 Å². The summed E-state index contributed by atoms with van der Waals surface area (Å²) in [7, 11) is 0. The molecule has 0 aromatic heterocycles. The van der Waals surface area contributed by atoms with Crippen LogP contribution in [0.1, 0.15) is 18.4 Å². The van der Waals surface area contributed by atoms with E-state index in [4.69, 9.17) is 15.0 Å². The Kier molecular flexibility index (Phi) is 7.20. The highest BCUT2D eigenvalue weighted by Gasteiger charge is 2.13. The predicted molar refractivity (Wildman–Crippen MR) is 151 cm³/mol. The Balaban J connectivity index is 1.66. The van der Waals surface area contributed by atoms with Crippen LogP contribution in [0.25, 0.3) is 32.7 Å². The van der Waals surface area contributed by atoms with Gasteiger partial charge in [0, 0.05) is 21.7 Å². The fourth-order valence-electron chi connectivity index (χ4n) is 4.39. The van der Waals surface area contributed by atoms with Crippen molar-refractivity contribution in [2.75, 3.05) is 11.9 Å². The summed E-state index contributed by atoms with van der Waals surface area (Å²) in [6, 6.07) is 33.4. The number of alkyl halides is 1. The maximum absolute atomic E-state index is 6.18. The fourth-order valence-corrected chi connectivity index (χ4v) is 4.79. The number of nitrogens with zero attached hydrogens (tertiary/aromatic N) is 2. The molecule has 5 aromatic rings. The smallest absolute Gasteiger partial charge is 0.147 e. The highest BCUT2D eigenvalue weighted by atomic mass is 79.9. The van der Waals surface area contributed by atoms with Gasteiger partial charge in [0.05, 0.1) is 6.61 Å². The number of unbranched alkanes of at least 4 members (excludes halogenated alkanes) is 1. The van der Waals surface area contributed by atoms with Crippen LogP contribution in [0, 0.1) is 6.92 Å². The lowest BCUT2D eigenvalue weighted by molar-refractivity contribution is 0.311. The van der Waals surface area contributed by atoms with Gasteiger partial charge in [0.15, 0.2) is 0 Å². The summed E-state index contributed by atoms with van der Waals surface area (Å²) in [4.78, 5) is 0. The second kappa shape index (κ2) is 10.8. The van der Waals surface area contributed by atoms with E-state index in [1.54, 1.807) is 0 Å². The molecule has 0 atom stereocenters. The first-order chi connectivity index (χ1) is 17.3. The van der Waals surface area contributed by atoms with Crippen molar-refractivity contribution < 1.29 is 4.74 Å². The van der Waals surface area contributed by atoms with E-state index in [2.05, 4.69) is 102 Å². The molecular weight excluding hydrogens is 496 g/mol. The zero-order valence-corrected chi connectivity index (χ0v) is 21.3. The Bertz CT molecular complexity index is 1510. The Morgan fingerprint density at radius 2 is 1.26 bits per heavy atom. The molecule has 0 unspecified atom stereocenters. The van der Waals surface area contributed by atoms with E-state index in [1.165, 1.54) is 5.56 Å². The van der Waals surface area contributed by atoms with Crippen LogP contribution in [0.2, 0.25) is 0 Å². The van der Waals surface area contributed by atoms with Crippen molar-refractivity contribution in [2.24, 2.45) is 10.2 Å². The molecule has 0 aliphatic carbocycles. The molecule has 5 rings (SSSR count). The van der Waals surface area contributed by atoms with Crippen molar-refractivity contribution in [3.63, 3.8) is 0 Å². The number of benzene rings is 5. The van der Waals surface area contributed by atoms with Crippen molar-refractivity contribution in [1.82, 2.24) is 0 Å². The van der Waals surface area contributed by atoms with Crippen LogP contribution in [0.15, 0.2) is 107 Å². The van der Waals surface area contributed by atoms with Crippen LogP contribution < -0.4 is 4.74 Å². The first-order valence-corrected chi connectivity index (χ1v) is 13.1. The molecule has 0 spiro atoms. The molecule has 5 aromatic carbocycles. The third kappa shape index (κ3) is 4.98. The first kappa shape index (κ1) is 23.3. The number of halogens is 1. The zero-order chi connectivity index (χ0) is 24.0. The SMILES string of the molecule is Cc1ccccc1-c1ccc2ccccc2c1N=Nc1c(OCCCCBr)ccc2ccccc12. The second-order valence-electron chi connectivity index (χ2n) is 8.58. The lowest BCUT2D eigenvalue weighted by Gasteiger charge is -2.13. The minimum atomic E-state index is 0.648. The van der Waals surface area contributed by atoms with Gasteiger partial charge in [-0.2, -0.15) is 0 Å². The Labute approximate surface area is 214 Å². The maximum Gasteiger partial charge on any atom is 0.147 e. The van der Waals surface area contributed by atoms with Gasteiger partial charge in [0.1, 0.15) is 17.1 Å². The summed E-state index contributed by atoms with van der Waals surface area (Å²) in [5.74, 6) is 0.764. The summed E-state index contributed by atoms with van der Waals surface area (Å²) < 4.78 is 6.18. The van der Waals surface area contributed by atoms with Crippen LogP contribution in [0.5, 0.6) is 5.75 Å². The monoisotopic (exact) mass is 522 g/mol. The van der Waals surface area contributed by atoms with Gasteiger partial charge in [0.2, 0.25) is 0 Å². The molecule has 0 bridgehead atoms. The molecule has 0 saturated carbocycles. The van der Waals surface area contributed by atoms with Crippen molar-refractivity contribution in [3.05, 3.63) is 103 Å². The molecule has 0 radical (unpaired) electrons. The van der Waals surface area contributed by atoms with Gasteiger partial charge in [-0.3, -0.25) is 0 Å². The molecule has 35 heavy (non-hydrogen) atoms. The van der Waals surface area contributed by atoms with E-state index >= 15 is 0 Å². The minimum Gasteiger partial charge on any atom is -0.491 e. The topological polar surface area (TPSA) is 34.0 Å². The van der Waals surface area contributed by atoms with Gasteiger partial charge in [-0.05, 0) is 47.7 Å². The Morgan fingerprint density at radius 1 is 0.629 bits per heavy atom. The minimum absolute atomic E-state index is 0.648. The van der Waals surface area contributed by atoms with Gasteiger partial charge >= 0.3 is 0 Å². The van der Waals surface area contributed by atoms with Crippen molar-refractivity contribution in [2.45, 2.75) is 19.8 Å². The molecule has 0 N–H and O–H groups in total. The van der Waals surface area contributed by atoms with Crippen LogP contribution >= 0.6 is 15.9 Å². The van der Waals surface area contributed by atoms with Crippen molar-refractivity contribution in [3.8, 4) is 16.9 Å². The largest absolute Gasteiger partial charge is 0.491 e. The normalized spacial score (nSPS) is 11.5. The number of ether oxygens (including phenoxy) is 1. The predicted octanol–water partition coefficient (Wildman–Crippen LogP) is 9.94. The number of rotatable bonds is 8. The van der Waals surface area contributed by atoms with Crippen LogP contribution in [0.3, 0.4) is 0 Å².